The first kappa shape index (κ1) is 48.5. The third-order valence-electron chi connectivity index (χ3n) is 9.95. The summed E-state index contributed by atoms with van der Waals surface area (Å²) in [6, 6.07) is -0.900. The molecule has 20 heteroatoms. The fraction of sp³-hybridized carbons (Fsp3) is 0.658. The number of aliphatic carboxylic acids is 1. The van der Waals surface area contributed by atoms with Crippen molar-refractivity contribution in [3.8, 4) is 5.75 Å². The molecule has 1 saturated heterocycles. The number of phenolic OH excluding ortho intramolecular Hbond substituents is 1. The topological polar surface area (TPSA) is 333 Å². The van der Waals surface area contributed by atoms with Gasteiger partial charge < -0.3 is 53.6 Å². The van der Waals surface area contributed by atoms with Gasteiger partial charge in [0.25, 0.3) is 0 Å². The number of nitrogens with zero attached hydrogens (tertiary/aromatic N) is 5. The fourth-order valence-corrected chi connectivity index (χ4v) is 6.57. The molecule has 1 aromatic carbocycles. The van der Waals surface area contributed by atoms with Gasteiger partial charge in [-0.05, 0) is 86.6 Å². The molecule has 1 aliphatic rings. The number of aliphatic imine (C=N–C) groups is 1. The monoisotopic (exact) mass is 814 g/mol. The highest BCUT2D eigenvalue weighted by atomic mass is 16.4. The third kappa shape index (κ3) is 16.1. The van der Waals surface area contributed by atoms with E-state index >= 15 is 0 Å². The molecule has 0 spiro atoms. The van der Waals surface area contributed by atoms with Crippen molar-refractivity contribution in [2.75, 3.05) is 19.6 Å². The second-order valence-corrected chi connectivity index (χ2v) is 15.0. The number of amides is 5. The van der Waals surface area contributed by atoms with Crippen LogP contribution in [0.15, 0.2) is 34.4 Å². The summed E-state index contributed by atoms with van der Waals surface area (Å²) in [6.45, 7) is 7.90. The maximum absolute atomic E-state index is 14.2. The van der Waals surface area contributed by atoms with Crippen molar-refractivity contribution in [3.05, 3.63) is 40.3 Å². The molecule has 20 nitrogen and oxygen atoms in total. The minimum atomic E-state index is -1.27. The quantitative estimate of drug-likeness (QED) is 0.0167. The molecule has 0 unspecified atom stereocenters. The number of benzene rings is 1. The molecular formula is C38H62N12O8. The highest BCUT2D eigenvalue weighted by Crippen LogP contribution is 2.21. The highest BCUT2D eigenvalue weighted by Gasteiger charge is 2.40. The molecule has 0 aliphatic carbocycles. The molecule has 0 radical (unpaired) electrons. The van der Waals surface area contributed by atoms with E-state index in [1.165, 1.54) is 17.0 Å². The van der Waals surface area contributed by atoms with Crippen molar-refractivity contribution < 1.29 is 39.0 Å². The summed E-state index contributed by atoms with van der Waals surface area (Å²) < 4.78 is 0. The van der Waals surface area contributed by atoms with Crippen LogP contribution >= 0.6 is 0 Å². The van der Waals surface area contributed by atoms with Gasteiger partial charge in [-0.1, -0.05) is 57.8 Å². The number of rotatable bonds is 25. The van der Waals surface area contributed by atoms with Gasteiger partial charge in [0.2, 0.25) is 29.5 Å². The summed E-state index contributed by atoms with van der Waals surface area (Å²) in [7, 11) is 0. The first-order valence-corrected chi connectivity index (χ1v) is 19.8. The van der Waals surface area contributed by atoms with Crippen LogP contribution in [0.3, 0.4) is 0 Å². The number of nitrogens with two attached hydrogens (primary N) is 3. The number of carboxylic acid groups (broad SMARTS) is 1. The molecule has 0 aromatic heterocycles. The van der Waals surface area contributed by atoms with Crippen molar-refractivity contribution in [1.82, 2.24) is 26.2 Å². The molecule has 12 N–H and O–H groups in total. The van der Waals surface area contributed by atoms with E-state index in [2.05, 4.69) is 36.3 Å². The molecule has 0 saturated carbocycles. The molecule has 0 bridgehead atoms. The van der Waals surface area contributed by atoms with Crippen molar-refractivity contribution in [2.45, 2.75) is 128 Å². The molecule has 7 atom stereocenters. The number of hydrogen-bond acceptors (Lipinski definition) is 10. The minimum Gasteiger partial charge on any atom is -0.508 e. The van der Waals surface area contributed by atoms with Crippen molar-refractivity contribution >= 4 is 41.5 Å². The largest absolute Gasteiger partial charge is 0.508 e. The fourth-order valence-electron chi connectivity index (χ4n) is 6.57. The second-order valence-electron chi connectivity index (χ2n) is 15.0. The lowest BCUT2D eigenvalue weighted by atomic mass is 9.96. The van der Waals surface area contributed by atoms with E-state index in [9.17, 15) is 39.0 Å². The number of likely N-dealkylation sites (tertiary alicyclic amines) is 1. The molecule has 1 heterocycles. The van der Waals surface area contributed by atoms with E-state index in [0.717, 1.165) is 0 Å². The molecule has 1 aliphatic heterocycles. The zero-order chi connectivity index (χ0) is 43.4. The van der Waals surface area contributed by atoms with Crippen molar-refractivity contribution in [2.24, 2.45) is 39.1 Å². The maximum Gasteiger partial charge on any atom is 0.326 e. The number of carbonyl (C=O) groups excluding carboxylic acids is 5. The molecule has 58 heavy (non-hydrogen) atoms. The van der Waals surface area contributed by atoms with Crippen LogP contribution in [-0.4, -0.2) is 112 Å². The van der Waals surface area contributed by atoms with Crippen LogP contribution in [0.5, 0.6) is 5.75 Å². The SMILES string of the molecule is CC[C@H](C)[C@@H](NC(=O)[C@@H](Cc1ccc(O)cc1)NC(=O)[C@H]1CCCN1C(=O)[C@@H](CCCN=C(N)N)NC(=O)[C@H](CCCCN)N=[N+]=[N-])C(=O)N[C@H](CC(C)C)C(=O)O. The predicted octanol–water partition coefficient (Wildman–Crippen LogP) is 0.903. The Kier molecular flexibility index (Phi) is 20.8. The Morgan fingerprint density at radius 3 is 2.17 bits per heavy atom. The van der Waals surface area contributed by atoms with Crippen LogP contribution in [0.25, 0.3) is 10.4 Å². The van der Waals surface area contributed by atoms with E-state index in [1.807, 2.05) is 20.8 Å². The van der Waals surface area contributed by atoms with Gasteiger partial charge in [0.1, 0.15) is 42.0 Å². The lowest BCUT2D eigenvalue weighted by molar-refractivity contribution is -0.143. The lowest BCUT2D eigenvalue weighted by Crippen LogP contribution is -2.60. The van der Waals surface area contributed by atoms with Crippen LogP contribution in [0.2, 0.25) is 0 Å². The number of azide groups is 1. The second kappa shape index (κ2) is 24.9. The van der Waals surface area contributed by atoms with Crippen LogP contribution < -0.4 is 38.5 Å². The van der Waals surface area contributed by atoms with Crippen LogP contribution in [0.1, 0.15) is 91.0 Å². The lowest BCUT2D eigenvalue weighted by Gasteiger charge is -2.31. The summed E-state index contributed by atoms with van der Waals surface area (Å²) in [6.07, 6.45) is 2.91. The van der Waals surface area contributed by atoms with E-state index in [1.54, 1.807) is 19.1 Å². The van der Waals surface area contributed by atoms with Crippen molar-refractivity contribution in [1.29, 1.82) is 0 Å². The van der Waals surface area contributed by atoms with E-state index < -0.39 is 77.7 Å². The average molecular weight is 815 g/mol. The first-order chi connectivity index (χ1) is 27.5. The number of unbranched alkanes of at least 4 members (excludes halogenated alkanes) is 1. The molecule has 2 rings (SSSR count). The smallest absolute Gasteiger partial charge is 0.326 e. The van der Waals surface area contributed by atoms with Crippen LogP contribution in [0, 0.1) is 11.8 Å². The average Bonchev–Trinajstić information content (AvgIpc) is 3.67. The van der Waals surface area contributed by atoms with Gasteiger partial charge in [-0.15, -0.1) is 0 Å². The molecule has 322 valence electrons. The summed E-state index contributed by atoms with van der Waals surface area (Å²) in [5, 5.41) is 34.0. The molecule has 5 amide bonds. The normalized spacial score (nSPS) is 16.7. The molecule has 1 fully saturated rings. The number of aromatic hydroxyl groups is 1. The Hall–Kier alpha value is -5.62. The molecule has 1 aromatic rings. The summed E-state index contributed by atoms with van der Waals surface area (Å²) in [5.74, 6) is -5.15. The van der Waals surface area contributed by atoms with Gasteiger partial charge >= 0.3 is 5.97 Å². The zero-order valence-corrected chi connectivity index (χ0v) is 33.9. The number of phenols is 1. The van der Waals surface area contributed by atoms with Crippen LogP contribution in [0.4, 0.5) is 0 Å². The Morgan fingerprint density at radius 1 is 0.914 bits per heavy atom. The summed E-state index contributed by atoms with van der Waals surface area (Å²) in [4.78, 5) is 89.2. The standard InChI is InChI=1S/C38H62N12O8/c1-5-23(4)31(35(55)46-29(37(57)58)20-22(2)3)47-33(53)28(21-24-13-15-25(51)16-14-24)45-34(54)30-12-9-19-50(30)36(56)27(11-8-18-43-38(40)41)44-32(52)26(48-49-42)10-6-7-17-39/h13-16,22-23,26-31,51H,5-12,17-21,39H2,1-4H3,(H,44,52)(H,45,54)(H,46,55)(H,47,53)(H,57,58)(H4,40,41,43)/t23-,26-,27+,28+,29+,30+,31+/m0/s1. The number of nitrogens with one attached hydrogen (secondary N) is 4. The molecular weight excluding hydrogens is 752 g/mol. The predicted molar refractivity (Wildman–Crippen MR) is 217 cm³/mol. The first-order valence-electron chi connectivity index (χ1n) is 19.8. The number of hydrogen-bond donors (Lipinski definition) is 9. The highest BCUT2D eigenvalue weighted by molar-refractivity contribution is 5.97. The number of guanidine groups is 1. The number of carbonyl (C=O) groups is 6. The summed E-state index contributed by atoms with van der Waals surface area (Å²) in [5.41, 5.74) is 26.2. The Bertz CT molecular complexity index is 1610. The third-order valence-corrected chi connectivity index (χ3v) is 9.95. The van der Waals surface area contributed by atoms with Gasteiger partial charge in [-0.2, -0.15) is 0 Å². The minimum absolute atomic E-state index is 0.0157. The number of carboxylic acids is 1. The maximum atomic E-state index is 14.2. The Balaban J connectivity index is 2.40. The van der Waals surface area contributed by atoms with E-state index in [0.29, 0.717) is 37.8 Å². The Labute approximate surface area is 339 Å². The van der Waals surface area contributed by atoms with Gasteiger partial charge in [0, 0.05) is 24.4 Å². The van der Waals surface area contributed by atoms with E-state index in [4.69, 9.17) is 22.7 Å². The van der Waals surface area contributed by atoms with Gasteiger partial charge in [-0.3, -0.25) is 29.0 Å². The van der Waals surface area contributed by atoms with Gasteiger partial charge in [-0.25, -0.2) is 4.79 Å². The van der Waals surface area contributed by atoms with E-state index in [-0.39, 0.29) is 69.2 Å². The van der Waals surface area contributed by atoms with Crippen molar-refractivity contribution in [3.63, 3.8) is 0 Å². The summed E-state index contributed by atoms with van der Waals surface area (Å²) >= 11 is 0. The van der Waals surface area contributed by atoms with Crippen LogP contribution in [-0.2, 0) is 35.2 Å². The Morgan fingerprint density at radius 2 is 1.59 bits per heavy atom. The van der Waals surface area contributed by atoms with Gasteiger partial charge in [0.05, 0.1) is 0 Å². The zero-order valence-electron chi connectivity index (χ0n) is 33.9. The van der Waals surface area contributed by atoms with Gasteiger partial charge in [0.15, 0.2) is 5.96 Å².